The molecule has 0 aliphatic heterocycles. The van der Waals surface area contributed by atoms with Crippen molar-refractivity contribution in [3.63, 3.8) is 0 Å². The molecule has 1 heterocycles. The smallest absolute Gasteiger partial charge is 0.356 e. The highest BCUT2D eigenvalue weighted by Gasteiger charge is 2.13. The van der Waals surface area contributed by atoms with E-state index in [1.165, 1.54) is 13.2 Å². The van der Waals surface area contributed by atoms with E-state index in [1.807, 2.05) is 0 Å². The molecule has 0 saturated heterocycles. The summed E-state index contributed by atoms with van der Waals surface area (Å²) in [6.07, 6.45) is 0. The maximum Gasteiger partial charge on any atom is 0.356 e. The fraction of sp³-hybridized carbons (Fsp3) is 0.0769. The van der Waals surface area contributed by atoms with E-state index in [9.17, 15) is 4.79 Å². The Kier molecular flexibility index (Phi) is 4.30. The van der Waals surface area contributed by atoms with Crippen LogP contribution in [0.2, 0.25) is 15.2 Å². The molecule has 0 saturated carbocycles. The Balaban J connectivity index is 2.52. The third-order valence-electron chi connectivity index (χ3n) is 2.46. The molecule has 3 nitrogen and oxygen atoms in total. The van der Waals surface area contributed by atoms with Gasteiger partial charge in [-0.1, -0.05) is 34.8 Å². The molecule has 0 bridgehead atoms. The van der Waals surface area contributed by atoms with E-state index in [4.69, 9.17) is 34.8 Å². The summed E-state index contributed by atoms with van der Waals surface area (Å²) in [7, 11) is 1.28. The van der Waals surface area contributed by atoms with Gasteiger partial charge >= 0.3 is 5.97 Å². The fourth-order valence-corrected chi connectivity index (χ4v) is 2.20. The highest BCUT2D eigenvalue weighted by Crippen LogP contribution is 2.34. The first-order chi connectivity index (χ1) is 9.02. The second-order valence-corrected chi connectivity index (χ2v) is 4.85. The van der Waals surface area contributed by atoms with Crippen molar-refractivity contribution in [3.8, 4) is 11.1 Å². The summed E-state index contributed by atoms with van der Waals surface area (Å²) < 4.78 is 4.57. The molecule has 6 heteroatoms. The van der Waals surface area contributed by atoms with Crippen LogP contribution in [0.4, 0.5) is 0 Å². The molecule has 0 amide bonds. The Morgan fingerprint density at radius 2 is 1.84 bits per heavy atom. The minimum Gasteiger partial charge on any atom is -0.464 e. The number of esters is 1. The molecule has 98 valence electrons. The van der Waals surface area contributed by atoms with Crippen LogP contribution in [0.5, 0.6) is 0 Å². The maximum absolute atomic E-state index is 11.3. The van der Waals surface area contributed by atoms with E-state index in [0.717, 1.165) is 0 Å². The predicted molar refractivity (Wildman–Crippen MR) is 76.0 cm³/mol. The van der Waals surface area contributed by atoms with Crippen molar-refractivity contribution < 1.29 is 9.53 Å². The van der Waals surface area contributed by atoms with Crippen molar-refractivity contribution in [2.75, 3.05) is 7.11 Å². The van der Waals surface area contributed by atoms with Crippen LogP contribution in [0.1, 0.15) is 10.5 Å². The normalized spacial score (nSPS) is 10.3. The van der Waals surface area contributed by atoms with E-state index < -0.39 is 5.97 Å². The van der Waals surface area contributed by atoms with Gasteiger partial charge in [0.05, 0.1) is 7.11 Å². The number of ether oxygens (including phenoxy) is 1. The lowest BCUT2D eigenvalue weighted by molar-refractivity contribution is 0.0594. The van der Waals surface area contributed by atoms with Crippen LogP contribution < -0.4 is 0 Å². The Morgan fingerprint density at radius 3 is 2.47 bits per heavy atom. The third-order valence-corrected chi connectivity index (χ3v) is 3.31. The molecular formula is C13H8Cl3NO2. The zero-order valence-corrected chi connectivity index (χ0v) is 12.1. The van der Waals surface area contributed by atoms with E-state index in [1.54, 1.807) is 24.3 Å². The molecule has 1 aromatic heterocycles. The van der Waals surface area contributed by atoms with Crippen molar-refractivity contribution in [3.05, 3.63) is 51.2 Å². The lowest BCUT2D eigenvalue weighted by Crippen LogP contribution is -2.04. The SMILES string of the molecule is COC(=O)c1ccc(-c2cc(Cl)ccc2Cl)c(Cl)n1. The molecule has 0 spiro atoms. The van der Waals surface area contributed by atoms with Gasteiger partial charge in [0.25, 0.3) is 0 Å². The van der Waals surface area contributed by atoms with Gasteiger partial charge in [-0.25, -0.2) is 9.78 Å². The van der Waals surface area contributed by atoms with Gasteiger partial charge in [0.1, 0.15) is 10.8 Å². The molecular weight excluding hydrogens is 309 g/mol. The first kappa shape index (κ1) is 14.1. The van der Waals surface area contributed by atoms with Crippen LogP contribution in [0, 0.1) is 0 Å². The number of carbonyl (C=O) groups excluding carboxylic acids is 1. The quantitative estimate of drug-likeness (QED) is 0.605. The molecule has 2 aromatic rings. The van der Waals surface area contributed by atoms with Gasteiger partial charge in [-0.05, 0) is 30.3 Å². The van der Waals surface area contributed by atoms with Crippen molar-refractivity contribution in [1.82, 2.24) is 4.98 Å². The summed E-state index contributed by atoms with van der Waals surface area (Å²) >= 11 is 18.1. The van der Waals surface area contributed by atoms with Gasteiger partial charge in [-0.15, -0.1) is 0 Å². The third kappa shape index (κ3) is 3.00. The summed E-state index contributed by atoms with van der Waals surface area (Å²) in [5.41, 5.74) is 1.39. The van der Waals surface area contributed by atoms with Gasteiger partial charge in [-0.2, -0.15) is 0 Å². The number of nitrogens with zero attached hydrogens (tertiary/aromatic N) is 1. The van der Waals surface area contributed by atoms with E-state index in [0.29, 0.717) is 21.2 Å². The van der Waals surface area contributed by atoms with E-state index in [-0.39, 0.29) is 10.8 Å². The predicted octanol–water partition coefficient (Wildman–Crippen LogP) is 4.50. The second kappa shape index (κ2) is 5.78. The first-order valence-corrected chi connectivity index (χ1v) is 6.36. The van der Waals surface area contributed by atoms with Crippen LogP contribution in [-0.4, -0.2) is 18.1 Å². The maximum atomic E-state index is 11.3. The van der Waals surface area contributed by atoms with E-state index in [2.05, 4.69) is 9.72 Å². The van der Waals surface area contributed by atoms with Crippen LogP contribution in [0.25, 0.3) is 11.1 Å². The summed E-state index contributed by atoms with van der Waals surface area (Å²) in [5, 5.41) is 1.19. The number of hydrogen-bond donors (Lipinski definition) is 0. The molecule has 0 aliphatic rings. The molecule has 0 atom stereocenters. The molecule has 19 heavy (non-hydrogen) atoms. The second-order valence-electron chi connectivity index (χ2n) is 3.65. The van der Waals surface area contributed by atoms with Crippen LogP contribution >= 0.6 is 34.8 Å². The van der Waals surface area contributed by atoms with Gasteiger partial charge in [0, 0.05) is 21.2 Å². The molecule has 2 rings (SSSR count). The molecule has 1 aromatic carbocycles. The minimum absolute atomic E-state index is 0.134. The average Bonchev–Trinajstić information content (AvgIpc) is 2.41. The largest absolute Gasteiger partial charge is 0.464 e. The van der Waals surface area contributed by atoms with Crippen LogP contribution in [0.3, 0.4) is 0 Å². The summed E-state index contributed by atoms with van der Waals surface area (Å²) in [6.45, 7) is 0. The van der Waals surface area contributed by atoms with Crippen LogP contribution in [-0.2, 0) is 4.74 Å². The van der Waals surface area contributed by atoms with Gasteiger partial charge in [0.2, 0.25) is 0 Å². The monoisotopic (exact) mass is 315 g/mol. The Morgan fingerprint density at radius 1 is 1.11 bits per heavy atom. The number of hydrogen-bond acceptors (Lipinski definition) is 3. The van der Waals surface area contributed by atoms with Crippen molar-refractivity contribution >= 4 is 40.8 Å². The van der Waals surface area contributed by atoms with Crippen molar-refractivity contribution in [2.45, 2.75) is 0 Å². The standard InChI is InChI=1S/C13H8Cl3NO2/c1-19-13(18)11-5-3-8(12(16)17-11)9-6-7(14)2-4-10(9)15/h2-6H,1H3. The van der Waals surface area contributed by atoms with Crippen molar-refractivity contribution in [2.24, 2.45) is 0 Å². The fourth-order valence-electron chi connectivity index (χ4n) is 1.56. The number of pyridine rings is 1. The van der Waals surface area contributed by atoms with Crippen LogP contribution in [0.15, 0.2) is 30.3 Å². The van der Waals surface area contributed by atoms with Gasteiger partial charge in [0.15, 0.2) is 0 Å². The Bertz CT molecular complexity index is 644. The number of aromatic nitrogens is 1. The summed E-state index contributed by atoms with van der Waals surface area (Å²) in [5.74, 6) is -0.550. The lowest BCUT2D eigenvalue weighted by atomic mass is 10.1. The molecule has 0 N–H and O–H groups in total. The zero-order valence-electron chi connectivity index (χ0n) is 9.78. The van der Waals surface area contributed by atoms with Crippen molar-refractivity contribution in [1.29, 1.82) is 0 Å². The average molecular weight is 317 g/mol. The lowest BCUT2D eigenvalue weighted by Gasteiger charge is -2.08. The first-order valence-electron chi connectivity index (χ1n) is 5.23. The molecule has 0 fully saturated rings. The molecule has 0 radical (unpaired) electrons. The number of carbonyl (C=O) groups is 1. The molecule has 0 unspecified atom stereocenters. The summed E-state index contributed by atoms with van der Waals surface area (Å²) in [4.78, 5) is 15.3. The van der Waals surface area contributed by atoms with Gasteiger partial charge < -0.3 is 4.74 Å². The topological polar surface area (TPSA) is 39.2 Å². The zero-order chi connectivity index (χ0) is 14.0. The highest BCUT2D eigenvalue weighted by molar-refractivity contribution is 6.37. The Hall–Kier alpha value is -1.29. The molecule has 0 aliphatic carbocycles. The Labute approximate surface area is 125 Å². The highest BCUT2D eigenvalue weighted by atomic mass is 35.5. The number of benzene rings is 1. The van der Waals surface area contributed by atoms with E-state index >= 15 is 0 Å². The number of halogens is 3. The van der Waals surface area contributed by atoms with Gasteiger partial charge in [-0.3, -0.25) is 0 Å². The number of methoxy groups -OCH3 is 1. The minimum atomic E-state index is -0.550. The number of rotatable bonds is 2. The summed E-state index contributed by atoms with van der Waals surface area (Å²) in [6, 6.07) is 8.20.